The van der Waals surface area contributed by atoms with E-state index >= 15 is 0 Å². The average molecular weight is 173 g/mol. The van der Waals surface area contributed by atoms with E-state index in [4.69, 9.17) is 0 Å². The molecule has 0 amide bonds. The van der Waals surface area contributed by atoms with Crippen LogP contribution in [0.15, 0.2) is 9.95 Å². The molecule has 0 aliphatic heterocycles. The second kappa shape index (κ2) is 3.13. The van der Waals surface area contributed by atoms with Gasteiger partial charge in [-0.15, -0.1) is 5.10 Å². The Balaban J connectivity index is 3.08. The number of aryl methyl sites for hydroxylation is 1. The third-order valence-corrected chi connectivity index (χ3v) is 2.26. The van der Waals surface area contributed by atoms with Gasteiger partial charge in [-0.05, 0) is 5.75 Å². The quantitative estimate of drug-likeness (QED) is 0.601. The van der Waals surface area contributed by atoms with Gasteiger partial charge in [0.25, 0.3) is 0 Å². The van der Waals surface area contributed by atoms with Gasteiger partial charge in [0.2, 0.25) is 0 Å². The van der Waals surface area contributed by atoms with E-state index in [1.54, 1.807) is 30.4 Å². The van der Waals surface area contributed by atoms with Gasteiger partial charge in [-0.3, -0.25) is 4.57 Å². The predicted molar refractivity (Wildman–Crippen MR) is 44.8 cm³/mol. The Morgan fingerprint density at radius 3 is 2.55 bits per heavy atom. The molecule has 0 fully saturated rings. The number of rotatable bonds is 2. The molecule has 11 heavy (non-hydrogen) atoms. The third kappa shape index (κ3) is 1.48. The molecule has 1 rings (SSSR count). The molecule has 0 radical (unpaired) electrons. The van der Waals surface area contributed by atoms with Crippen molar-refractivity contribution in [3.05, 3.63) is 10.5 Å². The second-order valence-electron chi connectivity index (χ2n) is 2.18. The SMILES string of the molecule is CCSc1nn(C)c(=O)n1C. The van der Waals surface area contributed by atoms with Gasteiger partial charge in [-0.2, -0.15) is 0 Å². The van der Waals surface area contributed by atoms with Crippen LogP contribution in [0.5, 0.6) is 0 Å². The zero-order valence-corrected chi connectivity index (χ0v) is 7.68. The summed E-state index contributed by atoms with van der Waals surface area (Å²) in [5.41, 5.74) is -0.0686. The van der Waals surface area contributed by atoms with Gasteiger partial charge in [0.1, 0.15) is 0 Å². The Morgan fingerprint density at radius 1 is 1.55 bits per heavy atom. The summed E-state index contributed by atoms with van der Waals surface area (Å²) in [5, 5.41) is 4.81. The van der Waals surface area contributed by atoms with E-state index in [9.17, 15) is 4.79 Å². The fourth-order valence-corrected chi connectivity index (χ4v) is 1.50. The minimum atomic E-state index is -0.0686. The first-order valence-corrected chi connectivity index (χ1v) is 4.38. The van der Waals surface area contributed by atoms with Gasteiger partial charge in [-0.25, -0.2) is 9.48 Å². The summed E-state index contributed by atoms with van der Waals surface area (Å²) in [7, 11) is 3.38. The molecule has 1 aromatic rings. The fraction of sp³-hybridized carbons (Fsp3) is 0.667. The lowest BCUT2D eigenvalue weighted by atomic mass is 11.0. The first kappa shape index (κ1) is 8.39. The molecule has 0 aliphatic rings. The second-order valence-corrected chi connectivity index (χ2v) is 3.41. The summed E-state index contributed by atoms with van der Waals surface area (Å²) in [6.45, 7) is 2.03. The molecule has 0 saturated carbocycles. The average Bonchev–Trinajstić information content (AvgIpc) is 2.19. The molecule has 0 saturated heterocycles. The number of hydrogen-bond acceptors (Lipinski definition) is 3. The maximum atomic E-state index is 11.1. The zero-order chi connectivity index (χ0) is 8.43. The highest BCUT2D eigenvalue weighted by Gasteiger charge is 2.05. The summed E-state index contributed by atoms with van der Waals surface area (Å²) in [5.74, 6) is 0.935. The summed E-state index contributed by atoms with van der Waals surface area (Å²) in [4.78, 5) is 11.1. The van der Waals surface area contributed by atoms with E-state index in [1.165, 1.54) is 4.68 Å². The molecule has 5 heteroatoms. The van der Waals surface area contributed by atoms with Gasteiger partial charge < -0.3 is 0 Å². The summed E-state index contributed by atoms with van der Waals surface area (Å²) in [6, 6.07) is 0. The van der Waals surface area contributed by atoms with Crippen molar-refractivity contribution < 1.29 is 0 Å². The van der Waals surface area contributed by atoms with Crippen LogP contribution in [-0.4, -0.2) is 20.1 Å². The zero-order valence-electron chi connectivity index (χ0n) is 6.87. The van der Waals surface area contributed by atoms with Crippen LogP contribution < -0.4 is 5.69 Å². The topological polar surface area (TPSA) is 39.8 Å². The molecule has 0 spiro atoms. The Morgan fingerprint density at radius 2 is 2.18 bits per heavy atom. The lowest BCUT2D eigenvalue weighted by molar-refractivity contribution is 0.711. The maximum Gasteiger partial charge on any atom is 0.346 e. The Kier molecular flexibility index (Phi) is 2.38. The van der Waals surface area contributed by atoms with Crippen LogP contribution in [0.25, 0.3) is 0 Å². The van der Waals surface area contributed by atoms with Gasteiger partial charge in [0.05, 0.1) is 0 Å². The minimum Gasteiger partial charge on any atom is -0.273 e. The van der Waals surface area contributed by atoms with Gasteiger partial charge >= 0.3 is 5.69 Å². The largest absolute Gasteiger partial charge is 0.346 e. The van der Waals surface area contributed by atoms with Crippen LogP contribution >= 0.6 is 11.8 Å². The number of aromatic nitrogens is 3. The van der Waals surface area contributed by atoms with Crippen LogP contribution in [0.4, 0.5) is 0 Å². The predicted octanol–water partition coefficient (Wildman–Crippen LogP) is 0.231. The van der Waals surface area contributed by atoms with Crippen molar-refractivity contribution in [1.29, 1.82) is 0 Å². The van der Waals surface area contributed by atoms with E-state index in [-0.39, 0.29) is 5.69 Å². The van der Waals surface area contributed by atoms with Crippen molar-refractivity contribution in [1.82, 2.24) is 14.3 Å². The summed E-state index contributed by atoms with van der Waals surface area (Å²) < 4.78 is 2.90. The van der Waals surface area contributed by atoms with Crippen molar-refractivity contribution >= 4 is 11.8 Å². The van der Waals surface area contributed by atoms with Crippen molar-refractivity contribution in [2.75, 3.05) is 5.75 Å². The van der Waals surface area contributed by atoms with Crippen molar-refractivity contribution in [2.24, 2.45) is 14.1 Å². The highest BCUT2D eigenvalue weighted by atomic mass is 32.2. The first-order valence-electron chi connectivity index (χ1n) is 3.39. The van der Waals surface area contributed by atoms with Crippen molar-refractivity contribution in [2.45, 2.75) is 12.1 Å². The van der Waals surface area contributed by atoms with Gasteiger partial charge in [0, 0.05) is 14.1 Å². The maximum absolute atomic E-state index is 11.1. The molecule has 0 unspecified atom stereocenters. The van der Waals surface area contributed by atoms with Crippen LogP contribution in [0.2, 0.25) is 0 Å². The highest BCUT2D eigenvalue weighted by Crippen LogP contribution is 2.10. The molecule has 4 nitrogen and oxygen atoms in total. The molecule has 0 N–H and O–H groups in total. The smallest absolute Gasteiger partial charge is 0.273 e. The monoisotopic (exact) mass is 173 g/mol. The van der Waals surface area contributed by atoms with E-state index in [0.29, 0.717) is 0 Å². The van der Waals surface area contributed by atoms with E-state index in [1.807, 2.05) is 6.92 Å². The first-order chi connectivity index (χ1) is 5.16. The molecule has 0 bridgehead atoms. The standard InChI is InChI=1S/C6H11N3OS/c1-4-11-5-7-9(3)6(10)8(5)2/h4H2,1-3H3. The normalized spacial score (nSPS) is 10.5. The van der Waals surface area contributed by atoms with E-state index in [2.05, 4.69) is 5.10 Å². The molecular weight excluding hydrogens is 162 g/mol. The Hall–Kier alpha value is -0.710. The van der Waals surface area contributed by atoms with E-state index in [0.717, 1.165) is 10.9 Å². The molecule has 0 aliphatic carbocycles. The van der Waals surface area contributed by atoms with Gasteiger partial charge in [0.15, 0.2) is 5.16 Å². The Labute approximate surface area is 69.2 Å². The highest BCUT2D eigenvalue weighted by molar-refractivity contribution is 7.99. The van der Waals surface area contributed by atoms with Crippen molar-refractivity contribution in [3.8, 4) is 0 Å². The molecule has 62 valence electrons. The lowest BCUT2D eigenvalue weighted by Gasteiger charge is -1.92. The number of thioether (sulfide) groups is 1. The summed E-state index contributed by atoms with van der Waals surface area (Å²) in [6.07, 6.45) is 0. The molecule has 0 aromatic carbocycles. The van der Waals surface area contributed by atoms with Gasteiger partial charge in [-0.1, -0.05) is 18.7 Å². The third-order valence-electron chi connectivity index (χ3n) is 1.36. The van der Waals surface area contributed by atoms with Crippen LogP contribution in [0.1, 0.15) is 6.92 Å². The Bertz CT molecular complexity index is 301. The van der Waals surface area contributed by atoms with Crippen LogP contribution in [0.3, 0.4) is 0 Å². The molecule has 1 aromatic heterocycles. The molecule has 1 heterocycles. The fourth-order valence-electron chi connectivity index (χ4n) is 0.792. The number of hydrogen-bond donors (Lipinski definition) is 0. The molecule has 0 atom stereocenters. The van der Waals surface area contributed by atoms with E-state index < -0.39 is 0 Å². The minimum absolute atomic E-state index is 0.0686. The summed E-state index contributed by atoms with van der Waals surface area (Å²) >= 11 is 1.57. The molecular formula is C6H11N3OS. The number of nitrogens with zero attached hydrogens (tertiary/aromatic N) is 3. The lowest BCUT2D eigenvalue weighted by Crippen LogP contribution is -2.20. The van der Waals surface area contributed by atoms with Crippen LogP contribution in [-0.2, 0) is 14.1 Å². The van der Waals surface area contributed by atoms with Crippen LogP contribution in [0, 0.1) is 0 Å². The van der Waals surface area contributed by atoms with Crippen molar-refractivity contribution in [3.63, 3.8) is 0 Å².